The summed E-state index contributed by atoms with van der Waals surface area (Å²) in [6.07, 6.45) is 1.63. The zero-order valence-corrected chi connectivity index (χ0v) is 14.8. The number of nitrogens with one attached hydrogen (secondary N) is 1. The van der Waals surface area contributed by atoms with Gasteiger partial charge in [0.2, 0.25) is 0 Å². The number of para-hydroxylation sites is 1. The first-order valence-corrected chi connectivity index (χ1v) is 9.72. The van der Waals surface area contributed by atoms with Gasteiger partial charge in [0.1, 0.15) is 5.75 Å². The summed E-state index contributed by atoms with van der Waals surface area (Å²) in [6.45, 7) is 5.20. The molecule has 2 heterocycles. The second-order valence-corrected chi connectivity index (χ2v) is 7.82. The molecule has 0 amide bonds. The Bertz CT molecular complexity index is 814. The molecule has 1 aromatic heterocycles. The predicted octanol–water partition coefficient (Wildman–Crippen LogP) is 2.13. The molecule has 24 heavy (non-hydrogen) atoms. The SMILES string of the molecule is CCn1nc(C)cc1S(=O)(=O)NCC1CCOc2ccccc2C1. The molecule has 0 bridgehead atoms. The number of hydrogen-bond acceptors (Lipinski definition) is 4. The highest BCUT2D eigenvalue weighted by atomic mass is 32.2. The minimum absolute atomic E-state index is 0.211. The van der Waals surface area contributed by atoms with E-state index in [1.165, 1.54) is 4.68 Å². The van der Waals surface area contributed by atoms with E-state index >= 15 is 0 Å². The zero-order chi connectivity index (χ0) is 17.2. The summed E-state index contributed by atoms with van der Waals surface area (Å²) in [5, 5.41) is 4.44. The number of aromatic nitrogens is 2. The topological polar surface area (TPSA) is 73.2 Å². The van der Waals surface area contributed by atoms with Gasteiger partial charge in [-0.25, -0.2) is 13.1 Å². The lowest BCUT2D eigenvalue weighted by Crippen LogP contribution is -2.32. The Labute approximate surface area is 142 Å². The van der Waals surface area contributed by atoms with Crippen LogP contribution in [0.3, 0.4) is 0 Å². The van der Waals surface area contributed by atoms with Gasteiger partial charge in [-0.05, 0) is 50.3 Å². The third kappa shape index (κ3) is 3.62. The summed E-state index contributed by atoms with van der Waals surface area (Å²) >= 11 is 0. The minimum Gasteiger partial charge on any atom is -0.493 e. The van der Waals surface area contributed by atoms with Gasteiger partial charge in [0.05, 0.1) is 12.3 Å². The molecule has 1 atom stereocenters. The lowest BCUT2D eigenvalue weighted by molar-refractivity contribution is 0.294. The fourth-order valence-electron chi connectivity index (χ4n) is 3.00. The van der Waals surface area contributed by atoms with Crippen LogP contribution in [0, 0.1) is 12.8 Å². The Morgan fingerprint density at radius 2 is 2.17 bits per heavy atom. The van der Waals surface area contributed by atoms with Crippen molar-refractivity contribution in [3.05, 3.63) is 41.6 Å². The Balaban J connectivity index is 1.71. The van der Waals surface area contributed by atoms with Crippen molar-refractivity contribution in [3.8, 4) is 5.75 Å². The van der Waals surface area contributed by atoms with E-state index in [4.69, 9.17) is 4.74 Å². The van der Waals surface area contributed by atoms with Crippen molar-refractivity contribution in [1.29, 1.82) is 0 Å². The molecule has 0 spiro atoms. The van der Waals surface area contributed by atoms with E-state index < -0.39 is 10.0 Å². The third-order valence-electron chi connectivity index (χ3n) is 4.27. The van der Waals surface area contributed by atoms with Crippen LogP contribution in [0.25, 0.3) is 0 Å². The molecule has 1 aliphatic heterocycles. The number of fused-ring (bicyclic) bond motifs is 1. The molecule has 2 aromatic rings. The Morgan fingerprint density at radius 3 is 2.96 bits per heavy atom. The molecule has 7 heteroatoms. The molecule has 0 saturated carbocycles. The summed E-state index contributed by atoms with van der Waals surface area (Å²) in [5.74, 6) is 1.12. The second-order valence-electron chi connectivity index (χ2n) is 6.11. The van der Waals surface area contributed by atoms with Crippen molar-refractivity contribution in [2.24, 2.45) is 5.92 Å². The van der Waals surface area contributed by atoms with Gasteiger partial charge in [-0.2, -0.15) is 5.10 Å². The van der Waals surface area contributed by atoms with Crippen molar-refractivity contribution in [2.75, 3.05) is 13.2 Å². The highest BCUT2D eigenvalue weighted by molar-refractivity contribution is 7.89. The molecule has 1 aromatic carbocycles. The van der Waals surface area contributed by atoms with Gasteiger partial charge in [-0.3, -0.25) is 4.68 Å². The number of sulfonamides is 1. The molecule has 1 N–H and O–H groups in total. The van der Waals surface area contributed by atoms with Gasteiger partial charge in [-0.1, -0.05) is 18.2 Å². The summed E-state index contributed by atoms with van der Waals surface area (Å²) < 4.78 is 35.2. The lowest BCUT2D eigenvalue weighted by atomic mass is 9.97. The first-order chi connectivity index (χ1) is 11.5. The normalized spacial score (nSPS) is 17.8. The minimum atomic E-state index is -3.56. The Morgan fingerprint density at radius 1 is 1.38 bits per heavy atom. The maximum Gasteiger partial charge on any atom is 0.257 e. The molecule has 1 unspecified atom stereocenters. The number of benzene rings is 1. The fourth-order valence-corrected chi connectivity index (χ4v) is 4.38. The number of rotatable bonds is 5. The van der Waals surface area contributed by atoms with Crippen LogP contribution in [0.15, 0.2) is 35.4 Å². The maximum absolute atomic E-state index is 12.6. The molecule has 0 saturated heterocycles. The van der Waals surface area contributed by atoms with Gasteiger partial charge < -0.3 is 4.74 Å². The molecule has 6 nitrogen and oxygen atoms in total. The van der Waals surface area contributed by atoms with E-state index in [-0.39, 0.29) is 10.9 Å². The number of ether oxygens (including phenoxy) is 1. The van der Waals surface area contributed by atoms with E-state index in [1.54, 1.807) is 13.0 Å². The first kappa shape index (κ1) is 17.0. The van der Waals surface area contributed by atoms with Crippen molar-refractivity contribution >= 4 is 10.0 Å². The molecular weight excluding hydrogens is 326 g/mol. The van der Waals surface area contributed by atoms with Crippen molar-refractivity contribution in [3.63, 3.8) is 0 Å². The van der Waals surface area contributed by atoms with E-state index in [2.05, 4.69) is 9.82 Å². The molecule has 0 aliphatic carbocycles. The van der Waals surface area contributed by atoms with Crippen LogP contribution in [0.5, 0.6) is 5.75 Å². The Kier molecular flexibility index (Phi) is 4.91. The predicted molar refractivity (Wildman–Crippen MR) is 91.6 cm³/mol. The monoisotopic (exact) mass is 349 g/mol. The summed E-state index contributed by atoms with van der Waals surface area (Å²) in [7, 11) is -3.56. The molecule has 1 aliphatic rings. The van der Waals surface area contributed by atoms with Crippen LogP contribution < -0.4 is 9.46 Å². The van der Waals surface area contributed by atoms with Crippen molar-refractivity contribution in [1.82, 2.24) is 14.5 Å². The average Bonchev–Trinajstić information content (AvgIpc) is 2.83. The van der Waals surface area contributed by atoms with Gasteiger partial charge in [0, 0.05) is 13.1 Å². The zero-order valence-electron chi connectivity index (χ0n) is 14.0. The summed E-state index contributed by atoms with van der Waals surface area (Å²) in [5.41, 5.74) is 1.84. The third-order valence-corrected chi connectivity index (χ3v) is 5.69. The quantitative estimate of drug-likeness (QED) is 0.897. The second kappa shape index (κ2) is 6.94. The maximum atomic E-state index is 12.6. The highest BCUT2D eigenvalue weighted by Crippen LogP contribution is 2.26. The fraction of sp³-hybridized carbons (Fsp3) is 0.471. The van der Waals surface area contributed by atoms with Gasteiger partial charge >= 0.3 is 0 Å². The number of aryl methyl sites for hydroxylation is 2. The van der Waals surface area contributed by atoms with E-state index in [0.717, 1.165) is 24.2 Å². The first-order valence-electron chi connectivity index (χ1n) is 8.24. The van der Waals surface area contributed by atoms with Gasteiger partial charge in [0.25, 0.3) is 10.0 Å². The van der Waals surface area contributed by atoms with Crippen LogP contribution in [-0.2, 0) is 23.0 Å². The molecule has 0 radical (unpaired) electrons. The van der Waals surface area contributed by atoms with Crippen LogP contribution in [0.1, 0.15) is 24.6 Å². The van der Waals surface area contributed by atoms with Crippen molar-refractivity contribution in [2.45, 2.75) is 38.3 Å². The smallest absolute Gasteiger partial charge is 0.257 e. The van der Waals surface area contributed by atoms with Crippen LogP contribution in [-0.4, -0.2) is 31.3 Å². The van der Waals surface area contributed by atoms with Crippen LogP contribution >= 0.6 is 0 Å². The molecule has 0 fully saturated rings. The molecule has 3 rings (SSSR count). The molecular formula is C17H23N3O3S. The average molecular weight is 349 g/mol. The number of hydrogen-bond donors (Lipinski definition) is 1. The number of nitrogens with zero attached hydrogens (tertiary/aromatic N) is 2. The molecule has 130 valence electrons. The standard InChI is InChI=1S/C17H23N3O3S/c1-3-20-17(10-13(2)19-20)24(21,22)18-12-14-8-9-23-16-7-5-4-6-15(16)11-14/h4-7,10,14,18H,3,8-9,11-12H2,1-2H3. The Hall–Kier alpha value is -1.86. The summed E-state index contributed by atoms with van der Waals surface area (Å²) in [6, 6.07) is 9.55. The largest absolute Gasteiger partial charge is 0.493 e. The van der Waals surface area contributed by atoms with Gasteiger partial charge in [0.15, 0.2) is 5.03 Å². The van der Waals surface area contributed by atoms with Crippen LogP contribution in [0.2, 0.25) is 0 Å². The van der Waals surface area contributed by atoms with E-state index in [1.807, 2.05) is 31.2 Å². The van der Waals surface area contributed by atoms with E-state index in [9.17, 15) is 8.42 Å². The van der Waals surface area contributed by atoms with Crippen molar-refractivity contribution < 1.29 is 13.2 Å². The van der Waals surface area contributed by atoms with Crippen LogP contribution in [0.4, 0.5) is 0 Å². The highest BCUT2D eigenvalue weighted by Gasteiger charge is 2.23. The van der Waals surface area contributed by atoms with Gasteiger partial charge in [-0.15, -0.1) is 0 Å². The van der Waals surface area contributed by atoms with E-state index in [0.29, 0.717) is 25.4 Å². The lowest BCUT2D eigenvalue weighted by Gasteiger charge is -2.15. The summed E-state index contributed by atoms with van der Waals surface area (Å²) in [4.78, 5) is 0.